The van der Waals surface area contributed by atoms with Crippen LogP contribution in [-0.2, 0) is 17.9 Å². The second-order valence-electron chi connectivity index (χ2n) is 6.46. The SMILES string of the molecule is Cc1nn(CCC(=O)Nc2c(C)nn(Cc3cccc(F)c3)c2C)cc1Br. The number of hydrogen-bond acceptors (Lipinski definition) is 3. The molecule has 0 atom stereocenters. The highest BCUT2D eigenvalue weighted by Gasteiger charge is 2.15. The smallest absolute Gasteiger partial charge is 0.226 e. The number of hydrogen-bond donors (Lipinski definition) is 1. The van der Waals surface area contributed by atoms with Crippen molar-refractivity contribution < 1.29 is 9.18 Å². The molecule has 1 amide bonds. The number of halogens is 2. The maximum atomic E-state index is 13.4. The van der Waals surface area contributed by atoms with Crippen LogP contribution in [-0.4, -0.2) is 25.5 Å². The van der Waals surface area contributed by atoms with E-state index in [1.54, 1.807) is 15.4 Å². The fourth-order valence-electron chi connectivity index (χ4n) is 2.87. The molecule has 142 valence electrons. The molecule has 3 aromatic rings. The summed E-state index contributed by atoms with van der Waals surface area (Å²) in [5, 5.41) is 11.7. The van der Waals surface area contributed by atoms with Crippen LogP contribution in [0.4, 0.5) is 10.1 Å². The Hall–Kier alpha value is -2.48. The van der Waals surface area contributed by atoms with Crippen molar-refractivity contribution in [3.05, 3.63) is 63.4 Å². The number of anilines is 1. The molecule has 2 aromatic heterocycles. The number of nitrogens with zero attached hydrogens (tertiary/aromatic N) is 4. The van der Waals surface area contributed by atoms with Crippen LogP contribution >= 0.6 is 15.9 Å². The Morgan fingerprint density at radius 1 is 1.22 bits per heavy atom. The van der Waals surface area contributed by atoms with Crippen LogP contribution < -0.4 is 5.32 Å². The quantitative estimate of drug-likeness (QED) is 0.639. The van der Waals surface area contributed by atoms with E-state index in [1.165, 1.54) is 12.1 Å². The number of rotatable bonds is 6. The maximum Gasteiger partial charge on any atom is 0.226 e. The van der Waals surface area contributed by atoms with Gasteiger partial charge in [0.15, 0.2) is 0 Å². The van der Waals surface area contributed by atoms with E-state index in [9.17, 15) is 9.18 Å². The first-order chi connectivity index (χ1) is 12.8. The maximum absolute atomic E-state index is 13.4. The van der Waals surface area contributed by atoms with Gasteiger partial charge in [0.1, 0.15) is 5.82 Å². The Balaban J connectivity index is 1.66. The van der Waals surface area contributed by atoms with Crippen LogP contribution in [0.5, 0.6) is 0 Å². The van der Waals surface area contributed by atoms with Crippen molar-refractivity contribution >= 4 is 27.5 Å². The van der Waals surface area contributed by atoms with E-state index in [0.29, 0.717) is 25.2 Å². The molecule has 0 radical (unpaired) electrons. The van der Waals surface area contributed by atoms with Crippen molar-refractivity contribution in [2.75, 3.05) is 5.32 Å². The lowest BCUT2D eigenvalue weighted by Gasteiger charge is -2.08. The minimum atomic E-state index is -0.275. The summed E-state index contributed by atoms with van der Waals surface area (Å²) in [4.78, 5) is 12.3. The number of nitrogens with one attached hydrogen (secondary N) is 1. The Labute approximate surface area is 165 Å². The summed E-state index contributed by atoms with van der Waals surface area (Å²) in [5.41, 5.74) is 3.98. The van der Waals surface area contributed by atoms with Gasteiger partial charge in [-0.05, 0) is 54.4 Å². The van der Waals surface area contributed by atoms with Gasteiger partial charge in [0.25, 0.3) is 0 Å². The molecular weight excluding hydrogens is 413 g/mol. The van der Waals surface area contributed by atoms with Gasteiger partial charge in [-0.3, -0.25) is 14.2 Å². The second kappa shape index (κ2) is 8.04. The molecule has 2 heterocycles. The van der Waals surface area contributed by atoms with E-state index in [1.807, 2.05) is 33.0 Å². The van der Waals surface area contributed by atoms with Crippen LogP contribution in [0.3, 0.4) is 0 Å². The molecule has 0 saturated carbocycles. The van der Waals surface area contributed by atoms with Crippen molar-refractivity contribution in [1.82, 2.24) is 19.6 Å². The highest BCUT2D eigenvalue weighted by atomic mass is 79.9. The van der Waals surface area contributed by atoms with Gasteiger partial charge in [-0.15, -0.1) is 0 Å². The zero-order valence-electron chi connectivity index (χ0n) is 15.5. The van der Waals surface area contributed by atoms with Crippen LogP contribution in [0.15, 0.2) is 34.9 Å². The predicted molar refractivity (Wildman–Crippen MR) is 105 cm³/mol. The van der Waals surface area contributed by atoms with Gasteiger partial charge in [-0.1, -0.05) is 12.1 Å². The minimum Gasteiger partial charge on any atom is -0.323 e. The topological polar surface area (TPSA) is 64.7 Å². The van der Waals surface area contributed by atoms with E-state index in [0.717, 1.165) is 27.1 Å². The third-order valence-corrected chi connectivity index (χ3v) is 5.10. The first kappa shape index (κ1) is 19.3. The fraction of sp³-hybridized carbons (Fsp3) is 0.316. The Morgan fingerprint density at radius 2 is 2.00 bits per heavy atom. The number of aryl methyl sites for hydroxylation is 3. The second-order valence-corrected chi connectivity index (χ2v) is 7.31. The average molecular weight is 434 g/mol. The number of carbonyl (C=O) groups excluding carboxylic acids is 1. The van der Waals surface area contributed by atoms with Crippen molar-refractivity contribution in [2.24, 2.45) is 0 Å². The average Bonchev–Trinajstić information content (AvgIpc) is 3.06. The van der Waals surface area contributed by atoms with Crippen LogP contribution in [0.1, 0.15) is 29.1 Å². The summed E-state index contributed by atoms with van der Waals surface area (Å²) in [5.74, 6) is -0.376. The van der Waals surface area contributed by atoms with E-state index < -0.39 is 0 Å². The molecule has 0 aliphatic rings. The fourth-order valence-corrected chi connectivity index (χ4v) is 3.18. The molecule has 8 heteroatoms. The van der Waals surface area contributed by atoms with Crippen LogP contribution in [0.25, 0.3) is 0 Å². The standard InChI is InChI=1S/C19H21BrFN5O/c1-12-17(20)11-25(23-12)8-7-18(27)22-19-13(2)24-26(14(19)3)10-15-5-4-6-16(21)9-15/h4-6,9,11H,7-8,10H2,1-3H3,(H,22,27). The summed E-state index contributed by atoms with van der Waals surface area (Å²) in [6, 6.07) is 6.42. The molecule has 0 saturated heterocycles. The summed E-state index contributed by atoms with van der Waals surface area (Å²) in [6.45, 7) is 6.58. The molecule has 27 heavy (non-hydrogen) atoms. The monoisotopic (exact) mass is 433 g/mol. The van der Waals surface area contributed by atoms with E-state index in [-0.39, 0.29) is 11.7 Å². The zero-order chi connectivity index (χ0) is 19.6. The summed E-state index contributed by atoms with van der Waals surface area (Å²) < 4.78 is 17.8. The van der Waals surface area contributed by atoms with Gasteiger partial charge >= 0.3 is 0 Å². The normalized spacial score (nSPS) is 11.0. The van der Waals surface area contributed by atoms with Gasteiger partial charge in [0.2, 0.25) is 5.91 Å². The van der Waals surface area contributed by atoms with Gasteiger partial charge in [0.05, 0.1) is 33.8 Å². The molecular formula is C19H21BrFN5O. The highest BCUT2D eigenvalue weighted by molar-refractivity contribution is 9.10. The molecule has 0 spiro atoms. The largest absolute Gasteiger partial charge is 0.323 e. The summed E-state index contributed by atoms with van der Waals surface area (Å²) in [6.07, 6.45) is 2.16. The summed E-state index contributed by atoms with van der Waals surface area (Å²) in [7, 11) is 0. The van der Waals surface area contributed by atoms with Crippen molar-refractivity contribution in [3.8, 4) is 0 Å². The number of amides is 1. The molecule has 0 fully saturated rings. The molecule has 0 aliphatic carbocycles. The lowest BCUT2D eigenvalue weighted by Crippen LogP contribution is -2.16. The van der Waals surface area contributed by atoms with E-state index in [4.69, 9.17) is 0 Å². The molecule has 3 rings (SSSR count). The Morgan fingerprint density at radius 3 is 2.67 bits per heavy atom. The highest BCUT2D eigenvalue weighted by Crippen LogP contribution is 2.21. The van der Waals surface area contributed by atoms with Crippen LogP contribution in [0.2, 0.25) is 0 Å². The predicted octanol–water partition coefficient (Wildman–Crippen LogP) is 3.98. The molecule has 0 unspecified atom stereocenters. The lowest BCUT2D eigenvalue weighted by molar-refractivity contribution is -0.116. The summed E-state index contributed by atoms with van der Waals surface area (Å²) >= 11 is 3.41. The minimum absolute atomic E-state index is 0.101. The van der Waals surface area contributed by atoms with Crippen molar-refractivity contribution in [1.29, 1.82) is 0 Å². The number of aromatic nitrogens is 4. The zero-order valence-corrected chi connectivity index (χ0v) is 17.0. The Kier molecular flexibility index (Phi) is 5.74. The van der Waals surface area contributed by atoms with Gasteiger partial charge in [-0.2, -0.15) is 10.2 Å². The van der Waals surface area contributed by atoms with E-state index in [2.05, 4.69) is 31.4 Å². The van der Waals surface area contributed by atoms with Crippen molar-refractivity contribution in [3.63, 3.8) is 0 Å². The Bertz CT molecular complexity index is 959. The number of carbonyl (C=O) groups is 1. The van der Waals surface area contributed by atoms with Crippen LogP contribution in [0, 0.1) is 26.6 Å². The van der Waals surface area contributed by atoms with Crippen molar-refractivity contribution in [2.45, 2.75) is 40.3 Å². The van der Waals surface area contributed by atoms with E-state index >= 15 is 0 Å². The molecule has 6 nitrogen and oxygen atoms in total. The van der Waals surface area contributed by atoms with Gasteiger partial charge in [0, 0.05) is 19.2 Å². The first-order valence-corrected chi connectivity index (χ1v) is 9.40. The third kappa shape index (κ3) is 4.63. The molecule has 1 aromatic carbocycles. The lowest BCUT2D eigenvalue weighted by atomic mass is 10.2. The molecule has 1 N–H and O–H groups in total. The third-order valence-electron chi connectivity index (χ3n) is 4.32. The molecule has 0 aliphatic heterocycles. The first-order valence-electron chi connectivity index (χ1n) is 8.61. The van der Waals surface area contributed by atoms with Gasteiger partial charge in [-0.25, -0.2) is 4.39 Å². The number of benzene rings is 1. The molecule has 0 bridgehead atoms. The van der Waals surface area contributed by atoms with Gasteiger partial charge < -0.3 is 5.32 Å².